The topological polar surface area (TPSA) is 57.9 Å². The van der Waals surface area contributed by atoms with Crippen LogP contribution in [0.5, 0.6) is 0 Å². The first-order valence-corrected chi connectivity index (χ1v) is 14.5. The van der Waals surface area contributed by atoms with E-state index < -0.39 is 5.60 Å². The fourth-order valence-electron chi connectivity index (χ4n) is 9.29. The van der Waals surface area contributed by atoms with Crippen LogP contribution in [0.15, 0.2) is 23.0 Å². The molecule has 1 aromatic heterocycles. The lowest BCUT2D eigenvalue weighted by Crippen LogP contribution is -2.62. The van der Waals surface area contributed by atoms with Crippen LogP contribution in [0.3, 0.4) is 0 Å². The van der Waals surface area contributed by atoms with Crippen LogP contribution in [0.25, 0.3) is 0 Å². The molecular formula is C30H50N2O3. The highest BCUT2D eigenvalue weighted by atomic mass is 16.5. The maximum Gasteiger partial charge on any atom is 0.0937 e. The summed E-state index contributed by atoms with van der Waals surface area (Å²) in [6, 6.07) is 2.13. The van der Waals surface area contributed by atoms with Gasteiger partial charge in [-0.25, -0.2) is 0 Å². The zero-order valence-electron chi connectivity index (χ0n) is 22.7. The summed E-state index contributed by atoms with van der Waals surface area (Å²) in [5, 5.41) is 15.9. The standard InChI is InChI=1S/C30H50N2O3/c1-28-12-8-24(35-19-16-31-15-5-17-32(3)4)20-23(28)6-7-27-26(28)9-13-29(2)25(10-14-30(27,29)33)22-11-18-34-21-22/h11,18,21,23-27,31,33H,5-10,12-17,19-20H2,1-4H3/t23?,24?,25?,26-,27-,28+,29-,30-/m1/s1. The van der Waals surface area contributed by atoms with Gasteiger partial charge in [-0.2, -0.15) is 0 Å². The van der Waals surface area contributed by atoms with E-state index >= 15 is 0 Å². The van der Waals surface area contributed by atoms with Crippen LogP contribution in [-0.2, 0) is 4.74 Å². The van der Waals surface area contributed by atoms with Gasteiger partial charge in [0.1, 0.15) is 0 Å². The highest BCUT2D eigenvalue weighted by Gasteiger charge is 2.67. The van der Waals surface area contributed by atoms with Gasteiger partial charge in [0, 0.05) is 12.0 Å². The van der Waals surface area contributed by atoms with Crippen molar-refractivity contribution >= 4 is 0 Å². The molecule has 198 valence electrons. The predicted molar refractivity (Wildman–Crippen MR) is 140 cm³/mol. The van der Waals surface area contributed by atoms with Crippen LogP contribution in [0.2, 0.25) is 0 Å². The zero-order chi connectivity index (χ0) is 24.7. The first kappa shape index (κ1) is 25.8. The summed E-state index contributed by atoms with van der Waals surface area (Å²) in [7, 11) is 4.26. The number of nitrogens with one attached hydrogen (secondary N) is 1. The van der Waals surface area contributed by atoms with Crippen molar-refractivity contribution in [2.24, 2.45) is 28.6 Å². The van der Waals surface area contributed by atoms with Crippen LogP contribution in [0.1, 0.15) is 89.5 Å². The van der Waals surface area contributed by atoms with E-state index in [1.54, 1.807) is 6.26 Å². The van der Waals surface area contributed by atoms with Crippen LogP contribution in [-0.4, -0.2) is 62.0 Å². The Labute approximate surface area is 213 Å². The van der Waals surface area contributed by atoms with Crippen molar-refractivity contribution in [3.05, 3.63) is 24.2 Å². The molecule has 4 saturated carbocycles. The second kappa shape index (κ2) is 10.1. The number of ether oxygens (including phenoxy) is 1. The van der Waals surface area contributed by atoms with E-state index in [0.717, 1.165) is 51.4 Å². The average Bonchev–Trinajstić information content (AvgIpc) is 3.44. The number of nitrogens with zero attached hydrogens (tertiary/aromatic N) is 1. The molecule has 0 spiro atoms. The van der Waals surface area contributed by atoms with Gasteiger partial charge in [0.2, 0.25) is 0 Å². The van der Waals surface area contributed by atoms with E-state index in [1.165, 1.54) is 50.5 Å². The number of furan rings is 1. The zero-order valence-corrected chi connectivity index (χ0v) is 22.7. The third-order valence-electron chi connectivity index (χ3n) is 11.3. The van der Waals surface area contributed by atoms with Gasteiger partial charge in [-0.05, 0) is 132 Å². The molecule has 35 heavy (non-hydrogen) atoms. The van der Waals surface area contributed by atoms with Gasteiger partial charge in [-0.3, -0.25) is 0 Å². The summed E-state index contributed by atoms with van der Waals surface area (Å²) in [4.78, 5) is 2.24. The first-order chi connectivity index (χ1) is 16.8. The molecule has 0 aliphatic heterocycles. The predicted octanol–water partition coefficient (Wildman–Crippen LogP) is 5.45. The number of rotatable bonds is 9. The van der Waals surface area contributed by atoms with Crippen LogP contribution >= 0.6 is 0 Å². The summed E-state index contributed by atoms with van der Waals surface area (Å²) < 4.78 is 11.8. The molecule has 0 aromatic carbocycles. The maximum absolute atomic E-state index is 12.4. The lowest BCUT2D eigenvalue weighted by molar-refractivity contribution is -0.207. The Balaban J connectivity index is 1.17. The van der Waals surface area contributed by atoms with E-state index in [2.05, 4.69) is 44.2 Å². The molecule has 1 heterocycles. The fraction of sp³-hybridized carbons (Fsp3) is 0.867. The van der Waals surface area contributed by atoms with Gasteiger partial charge in [0.15, 0.2) is 0 Å². The molecule has 4 aliphatic rings. The molecule has 3 unspecified atom stereocenters. The molecule has 0 bridgehead atoms. The molecular weight excluding hydrogens is 436 g/mol. The second-order valence-corrected chi connectivity index (χ2v) is 13.2. The third-order valence-corrected chi connectivity index (χ3v) is 11.3. The van der Waals surface area contributed by atoms with Crippen LogP contribution < -0.4 is 5.32 Å². The normalized spacial score (nSPS) is 43.1. The maximum atomic E-state index is 12.4. The van der Waals surface area contributed by atoms with Gasteiger partial charge in [-0.15, -0.1) is 0 Å². The SMILES string of the molecule is CN(C)CCCNCCOC1CC[C@@]2(C)C(CC[C@@H]3[C@H]2CC[C@]2(C)C(c4ccoc4)CC[C@@]32O)C1. The molecule has 4 fully saturated rings. The summed E-state index contributed by atoms with van der Waals surface area (Å²) in [6.07, 6.45) is 15.9. The number of hydrogen-bond acceptors (Lipinski definition) is 5. The molecule has 0 saturated heterocycles. The Morgan fingerprint density at radius 3 is 2.69 bits per heavy atom. The summed E-state index contributed by atoms with van der Waals surface area (Å²) in [5.74, 6) is 2.28. The molecule has 0 radical (unpaired) electrons. The second-order valence-electron chi connectivity index (χ2n) is 13.2. The Hall–Kier alpha value is -0.880. The molecule has 1 aromatic rings. The minimum atomic E-state index is -0.530. The first-order valence-electron chi connectivity index (χ1n) is 14.5. The molecule has 5 rings (SSSR count). The minimum Gasteiger partial charge on any atom is -0.472 e. The molecule has 4 aliphatic carbocycles. The smallest absolute Gasteiger partial charge is 0.0937 e. The largest absolute Gasteiger partial charge is 0.472 e. The monoisotopic (exact) mass is 486 g/mol. The van der Waals surface area contributed by atoms with Gasteiger partial charge in [-0.1, -0.05) is 13.8 Å². The minimum absolute atomic E-state index is 0.0267. The van der Waals surface area contributed by atoms with Crippen molar-refractivity contribution < 1.29 is 14.3 Å². The summed E-state index contributed by atoms with van der Waals surface area (Å²) >= 11 is 0. The summed E-state index contributed by atoms with van der Waals surface area (Å²) in [6.45, 7) is 8.96. The number of aliphatic hydroxyl groups is 1. The van der Waals surface area contributed by atoms with Crippen molar-refractivity contribution in [2.75, 3.05) is 40.3 Å². The molecule has 8 atom stereocenters. The lowest BCUT2D eigenvalue weighted by Gasteiger charge is -2.63. The Kier molecular flexibility index (Phi) is 7.44. The van der Waals surface area contributed by atoms with E-state index in [9.17, 15) is 5.11 Å². The Morgan fingerprint density at radius 2 is 1.91 bits per heavy atom. The lowest BCUT2D eigenvalue weighted by atomic mass is 9.43. The molecule has 5 heteroatoms. The average molecular weight is 487 g/mol. The van der Waals surface area contributed by atoms with Crippen molar-refractivity contribution in [2.45, 2.75) is 95.7 Å². The van der Waals surface area contributed by atoms with E-state index in [0.29, 0.717) is 29.3 Å². The Bertz CT molecular complexity index is 828. The van der Waals surface area contributed by atoms with E-state index in [1.807, 2.05) is 6.26 Å². The number of fused-ring (bicyclic) bond motifs is 5. The van der Waals surface area contributed by atoms with Gasteiger partial charge in [0.05, 0.1) is 30.8 Å². The molecule has 0 amide bonds. The fourth-order valence-corrected chi connectivity index (χ4v) is 9.29. The molecule has 2 N–H and O–H groups in total. The van der Waals surface area contributed by atoms with Crippen molar-refractivity contribution in [3.8, 4) is 0 Å². The highest BCUT2D eigenvalue weighted by Crippen LogP contribution is 2.70. The van der Waals surface area contributed by atoms with Crippen LogP contribution in [0, 0.1) is 28.6 Å². The van der Waals surface area contributed by atoms with Crippen molar-refractivity contribution in [1.82, 2.24) is 10.2 Å². The Morgan fingerprint density at radius 1 is 1.06 bits per heavy atom. The quantitative estimate of drug-likeness (QED) is 0.455. The van der Waals surface area contributed by atoms with Crippen molar-refractivity contribution in [1.29, 1.82) is 0 Å². The summed E-state index contributed by atoms with van der Waals surface area (Å²) in [5.41, 5.74) is 1.10. The van der Waals surface area contributed by atoms with Crippen molar-refractivity contribution in [3.63, 3.8) is 0 Å². The van der Waals surface area contributed by atoms with Gasteiger partial charge in [0.25, 0.3) is 0 Å². The third kappa shape index (κ3) is 4.53. The van der Waals surface area contributed by atoms with E-state index in [4.69, 9.17) is 9.15 Å². The van der Waals surface area contributed by atoms with Crippen LogP contribution in [0.4, 0.5) is 0 Å². The van der Waals surface area contributed by atoms with Gasteiger partial charge >= 0.3 is 0 Å². The highest BCUT2D eigenvalue weighted by molar-refractivity contribution is 5.26. The molecule has 5 nitrogen and oxygen atoms in total. The van der Waals surface area contributed by atoms with E-state index in [-0.39, 0.29) is 5.41 Å². The number of hydrogen-bond donors (Lipinski definition) is 2. The van der Waals surface area contributed by atoms with Gasteiger partial charge < -0.3 is 24.5 Å².